The molecule has 0 N–H and O–H groups in total. The molecule has 19 heavy (non-hydrogen) atoms. The Labute approximate surface area is 164 Å². The number of carboxylic acid groups (broad SMARTS) is 8. The maximum atomic E-state index is 8.33. The summed E-state index contributed by atoms with van der Waals surface area (Å²) >= 11 is 0. The Morgan fingerprint density at radius 1 is 0.474 bits per heavy atom. The molecule has 0 saturated carbocycles. The van der Waals surface area contributed by atoms with Gasteiger partial charge in [-0.3, -0.25) is 0 Å². The summed E-state index contributed by atoms with van der Waals surface area (Å²) in [6.07, 6.45) is -9.33. The Balaban J connectivity index is -0.0000000192. The van der Waals surface area contributed by atoms with E-state index in [0.717, 1.165) is 0 Å². The minimum absolute atomic E-state index is 0. The number of rotatable bonds is 0. The number of carbonyl (C=O) groups is 4. The molecule has 1 radical (unpaired) electrons. The molecule has 0 aliphatic rings. The molecule has 103 valence electrons. The van der Waals surface area contributed by atoms with Gasteiger partial charge >= 0.3 is 80.7 Å². The molecule has 0 atom stereocenters. The van der Waals surface area contributed by atoms with Crippen molar-refractivity contribution < 1.29 is 103 Å². The van der Waals surface area contributed by atoms with Crippen molar-refractivity contribution >= 4 is 62.4 Å². The van der Waals surface area contributed by atoms with E-state index in [9.17, 15) is 0 Å². The second-order valence-electron chi connectivity index (χ2n) is 1.00. The summed E-state index contributed by atoms with van der Waals surface area (Å²) < 4.78 is 0. The van der Waals surface area contributed by atoms with Crippen LogP contribution in [0.25, 0.3) is 0 Å². The van der Waals surface area contributed by atoms with Gasteiger partial charge in [-0.25, -0.2) is 0 Å². The Morgan fingerprint density at radius 3 is 0.474 bits per heavy atom. The van der Waals surface area contributed by atoms with E-state index in [4.69, 9.17) is 60.0 Å². The molecule has 15 heteroatoms. The second-order valence-corrected chi connectivity index (χ2v) is 1.00. The molecule has 0 aromatic rings. The zero-order valence-electron chi connectivity index (χ0n) is 8.44. The van der Waals surface area contributed by atoms with Crippen LogP contribution < -0.4 is 40.9 Å². The molecule has 0 unspecified atom stereocenters. The van der Waals surface area contributed by atoms with E-state index < -0.39 is 24.6 Å². The maximum absolute atomic E-state index is 8.33. The van der Waals surface area contributed by atoms with Crippen molar-refractivity contribution in [1.29, 1.82) is 0 Å². The van der Waals surface area contributed by atoms with Gasteiger partial charge in [0.2, 0.25) is 0 Å². The minimum atomic E-state index is -2.33. The van der Waals surface area contributed by atoms with Crippen LogP contribution in [0.3, 0.4) is 0 Å². The molecular weight excluding hydrogens is 430 g/mol. The summed E-state index contributed by atoms with van der Waals surface area (Å²) in [6.45, 7) is 0. The van der Waals surface area contributed by atoms with E-state index in [1.54, 1.807) is 0 Å². The van der Waals surface area contributed by atoms with Gasteiger partial charge in [0.1, 0.15) is 0 Å². The van der Waals surface area contributed by atoms with Crippen molar-refractivity contribution in [2.24, 2.45) is 0 Å². The SMILES string of the molecule is O=C([O-])[O-].O=C([O-])[O-].O=C([O-])[O-].O=C([O-])[O-].[Ca+2].[Co+2].[Zr+4]. The molecular formula is C4CaCoO12Zr. The van der Waals surface area contributed by atoms with E-state index in [-0.39, 0.29) is 80.7 Å². The second kappa shape index (κ2) is 36.1. The van der Waals surface area contributed by atoms with Crippen molar-refractivity contribution in [3.63, 3.8) is 0 Å². The van der Waals surface area contributed by atoms with Crippen LogP contribution in [0.4, 0.5) is 19.2 Å². The van der Waals surface area contributed by atoms with Gasteiger partial charge in [-0.05, 0) is 24.6 Å². The van der Waals surface area contributed by atoms with Gasteiger partial charge in [-0.15, -0.1) is 0 Å². The average molecular weight is 430 g/mol. The molecule has 0 bridgehead atoms. The zero-order valence-corrected chi connectivity index (χ0v) is 14.1. The van der Waals surface area contributed by atoms with Gasteiger partial charge in [0.15, 0.2) is 0 Å². The van der Waals surface area contributed by atoms with Crippen molar-refractivity contribution in [1.82, 2.24) is 0 Å². The topological polar surface area (TPSA) is 253 Å². The van der Waals surface area contributed by atoms with Crippen LogP contribution in [0.1, 0.15) is 0 Å². The number of hydrogen-bond donors (Lipinski definition) is 0. The third-order valence-corrected chi connectivity index (χ3v) is 0. The maximum Gasteiger partial charge on any atom is 4.00 e. The first-order valence-electron chi connectivity index (χ1n) is 2.45. The van der Waals surface area contributed by atoms with Crippen LogP contribution in [-0.2, 0) is 43.0 Å². The van der Waals surface area contributed by atoms with Gasteiger partial charge in [0.25, 0.3) is 0 Å². The fourth-order valence-electron chi connectivity index (χ4n) is 0. The predicted molar refractivity (Wildman–Crippen MR) is 27.3 cm³/mol. The summed E-state index contributed by atoms with van der Waals surface area (Å²) in [5.41, 5.74) is 0. The Kier molecular flexibility index (Phi) is 81.2. The molecule has 0 fully saturated rings. The Hall–Kier alpha value is -0.271. The van der Waals surface area contributed by atoms with Crippen LogP contribution >= 0.6 is 0 Å². The average Bonchev–Trinajstić information content (AvgIpc) is 1.76. The Bertz CT molecular complexity index is 170. The molecule has 0 heterocycles. The molecule has 0 amide bonds. The summed E-state index contributed by atoms with van der Waals surface area (Å²) in [4.78, 5) is 33.3. The van der Waals surface area contributed by atoms with Crippen molar-refractivity contribution in [3.05, 3.63) is 0 Å². The van der Waals surface area contributed by atoms with Crippen LogP contribution in [0, 0.1) is 0 Å². The first-order valence-corrected chi connectivity index (χ1v) is 2.45. The fourth-order valence-corrected chi connectivity index (χ4v) is 0. The fraction of sp³-hybridized carbons (Fsp3) is 0. The van der Waals surface area contributed by atoms with Gasteiger partial charge < -0.3 is 60.0 Å². The minimum Gasteiger partial charge on any atom is -0.652 e. The molecule has 0 aliphatic heterocycles. The molecule has 12 nitrogen and oxygen atoms in total. The van der Waals surface area contributed by atoms with Crippen LogP contribution in [0.5, 0.6) is 0 Å². The van der Waals surface area contributed by atoms with Crippen LogP contribution in [-0.4, -0.2) is 62.4 Å². The number of hydrogen-bond acceptors (Lipinski definition) is 12. The van der Waals surface area contributed by atoms with E-state index in [1.165, 1.54) is 0 Å². The molecule has 0 spiro atoms. The first-order chi connectivity index (χ1) is 6.93. The van der Waals surface area contributed by atoms with Gasteiger partial charge in [-0.2, -0.15) is 0 Å². The smallest absolute Gasteiger partial charge is 0.652 e. The Morgan fingerprint density at radius 2 is 0.474 bits per heavy atom. The van der Waals surface area contributed by atoms with E-state index in [0.29, 0.717) is 0 Å². The van der Waals surface area contributed by atoms with E-state index in [1.807, 2.05) is 0 Å². The van der Waals surface area contributed by atoms with E-state index in [2.05, 4.69) is 0 Å². The zero-order chi connectivity index (χ0) is 14.3. The molecule has 0 aliphatic carbocycles. The monoisotopic (exact) mass is 429 g/mol. The van der Waals surface area contributed by atoms with Crippen molar-refractivity contribution in [2.45, 2.75) is 0 Å². The van der Waals surface area contributed by atoms with Crippen molar-refractivity contribution in [3.8, 4) is 0 Å². The first kappa shape index (κ1) is 42.8. The standard InChI is InChI=1S/4CH2O3.Ca.Co.Zr/c4*2-1(3)4;;;/h4*(H2,2,3,4);;;/q;;;;2*+2;+4/p-8. The molecule has 0 rings (SSSR count). The third kappa shape index (κ3) is 59900. The summed E-state index contributed by atoms with van der Waals surface area (Å²) in [7, 11) is 0. The molecule has 0 saturated heterocycles. The van der Waals surface area contributed by atoms with E-state index >= 15 is 0 Å². The normalized spacial score (nSPS) is 5.05. The predicted octanol–water partition coefficient (Wildman–Crippen LogP) is -10.2. The van der Waals surface area contributed by atoms with Crippen LogP contribution in [0.2, 0.25) is 0 Å². The summed E-state index contributed by atoms with van der Waals surface area (Å²) in [5.74, 6) is 0. The van der Waals surface area contributed by atoms with Gasteiger partial charge in [0, 0.05) is 0 Å². The summed E-state index contributed by atoms with van der Waals surface area (Å²) in [5, 5.41) is 66.7. The summed E-state index contributed by atoms with van der Waals surface area (Å²) in [6, 6.07) is 0. The molecule has 0 aromatic carbocycles. The number of carbonyl (C=O) groups excluding carboxylic acids is 4. The molecule has 0 aromatic heterocycles. The van der Waals surface area contributed by atoms with Gasteiger partial charge in [0.05, 0.1) is 0 Å². The third-order valence-electron chi connectivity index (χ3n) is 0. The quantitative estimate of drug-likeness (QED) is 0.325. The van der Waals surface area contributed by atoms with Gasteiger partial charge in [-0.1, -0.05) is 0 Å². The largest absolute Gasteiger partial charge is 4.00 e. The van der Waals surface area contributed by atoms with Crippen LogP contribution in [0.15, 0.2) is 0 Å². The van der Waals surface area contributed by atoms with Crippen molar-refractivity contribution in [2.75, 3.05) is 0 Å².